The van der Waals surface area contributed by atoms with Crippen molar-refractivity contribution in [1.29, 1.82) is 0 Å². The molecular weight excluding hydrogens is 316 g/mol. The number of aliphatic hydroxyl groups excluding tert-OH is 1. The number of phenolic OH excluding ortho intramolecular Hbond substituents is 1. The first-order valence-electron chi connectivity index (χ1n) is 8.86. The van der Waals surface area contributed by atoms with Crippen LogP contribution in [0.1, 0.15) is 29.4 Å². The number of hydrogen-bond acceptors (Lipinski definition) is 4. The van der Waals surface area contributed by atoms with Crippen molar-refractivity contribution in [3.63, 3.8) is 0 Å². The molecule has 5 heteroatoms. The largest absolute Gasteiger partial charge is 0.508 e. The zero-order valence-corrected chi connectivity index (χ0v) is 14.6. The molecule has 2 bridgehead atoms. The monoisotopic (exact) mass is 340 g/mol. The minimum atomic E-state index is 0.0457. The van der Waals surface area contributed by atoms with Gasteiger partial charge in [-0.2, -0.15) is 0 Å². The molecule has 1 aliphatic carbocycles. The SMILES string of the molecule is C/C=C1/CN(C)[C@H]2Cc3c([nH]c4ccc(O)cc34)C(=O)C[C@H]1[C@@H]2CO. The number of carbonyl (C=O) groups excluding carboxylic acids is 1. The number of nitrogens with zero attached hydrogens (tertiary/aromatic N) is 1. The number of phenols is 1. The number of aromatic hydroxyl groups is 1. The first-order valence-corrected chi connectivity index (χ1v) is 8.86. The molecule has 1 aliphatic heterocycles. The fourth-order valence-corrected chi connectivity index (χ4v) is 4.73. The zero-order chi connectivity index (χ0) is 17.7. The van der Waals surface area contributed by atoms with Gasteiger partial charge in [-0.25, -0.2) is 0 Å². The summed E-state index contributed by atoms with van der Waals surface area (Å²) in [5.41, 5.74) is 3.75. The molecular formula is C20H24N2O3. The Balaban J connectivity index is 1.90. The first kappa shape index (κ1) is 16.4. The van der Waals surface area contributed by atoms with E-state index in [1.54, 1.807) is 12.1 Å². The highest BCUT2D eigenvalue weighted by Crippen LogP contribution is 2.41. The number of benzene rings is 1. The summed E-state index contributed by atoms with van der Waals surface area (Å²) < 4.78 is 0. The van der Waals surface area contributed by atoms with Gasteiger partial charge in [0.2, 0.25) is 0 Å². The van der Waals surface area contributed by atoms with Gasteiger partial charge in [0.1, 0.15) is 5.75 Å². The summed E-state index contributed by atoms with van der Waals surface area (Å²) in [6.07, 6.45) is 3.21. The van der Waals surface area contributed by atoms with Crippen molar-refractivity contribution in [2.24, 2.45) is 11.8 Å². The smallest absolute Gasteiger partial charge is 0.179 e. The summed E-state index contributed by atoms with van der Waals surface area (Å²) in [6, 6.07) is 5.35. The minimum absolute atomic E-state index is 0.0457. The third-order valence-corrected chi connectivity index (χ3v) is 6.05. The third kappa shape index (κ3) is 2.50. The number of fused-ring (bicyclic) bond motifs is 5. The van der Waals surface area contributed by atoms with Gasteiger partial charge in [0, 0.05) is 42.4 Å². The predicted molar refractivity (Wildman–Crippen MR) is 96.9 cm³/mol. The lowest BCUT2D eigenvalue weighted by atomic mass is 9.71. The Morgan fingerprint density at radius 2 is 2.16 bits per heavy atom. The van der Waals surface area contributed by atoms with Gasteiger partial charge in [-0.1, -0.05) is 11.6 Å². The Labute approximate surface area is 147 Å². The van der Waals surface area contributed by atoms with Crippen LogP contribution in [-0.2, 0) is 6.42 Å². The molecule has 132 valence electrons. The molecule has 1 saturated heterocycles. The van der Waals surface area contributed by atoms with Gasteiger partial charge in [0.25, 0.3) is 0 Å². The van der Waals surface area contributed by atoms with Gasteiger partial charge in [-0.15, -0.1) is 0 Å². The summed E-state index contributed by atoms with van der Waals surface area (Å²) in [7, 11) is 2.09. The Morgan fingerprint density at radius 1 is 1.36 bits per heavy atom. The van der Waals surface area contributed by atoms with Crippen LogP contribution in [0.5, 0.6) is 5.75 Å². The average Bonchev–Trinajstić information content (AvgIpc) is 2.94. The van der Waals surface area contributed by atoms with Gasteiger partial charge in [0.15, 0.2) is 5.78 Å². The maximum Gasteiger partial charge on any atom is 0.179 e. The van der Waals surface area contributed by atoms with E-state index in [2.05, 4.69) is 23.0 Å². The average molecular weight is 340 g/mol. The molecule has 5 nitrogen and oxygen atoms in total. The molecule has 2 aromatic rings. The number of H-pyrrole nitrogens is 1. The van der Waals surface area contributed by atoms with Crippen molar-refractivity contribution in [1.82, 2.24) is 9.88 Å². The summed E-state index contributed by atoms with van der Waals surface area (Å²) >= 11 is 0. The number of aromatic nitrogens is 1. The summed E-state index contributed by atoms with van der Waals surface area (Å²) in [5, 5.41) is 20.9. The number of piperidine rings is 1. The molecule has 0 unspecified atom stereocenters. The Bertz CT molecular complexity index is 867. The third-order valence-electron chi connectivity index (χ3n) is 6.05. The molecule has 0 amide bonds. The highest BCUT2D eigenvalue weighted by molar-refractivity contribution is 6.03. The van der Waals surface area contributed by atoms with Crippen LogP contribution in [0.4, 0.5) is 0 Å². The van der Waals surface area contributed by atoms with E-state index in [4.69, 9.17) is 0 Å². The van der Waals surface area contributed by atoms with Crippen LogP contribution in [0.3, 0.4) is 0 Å². The second-order valence-electron chi connectivity index (χ2n) is 7.34. The minimum Gasteiger partial charge on any atom is -0.508 e. The molecule has 25 heavy (non-hydrogen) atoms. The van der Waals surface area contributed by atoms with Crippen molar-refractivity contribution in [2.75, 3.05) is 20.2 Å². The van der Waals surface area contributed by atoms with Crippen molar-refractivity contribution < 1.29 is 15.0 Å². The Kier molecular flexibility index (Phi) is 3.93. The van der Waals surface area contributed by atoms with Crippen molar-refractivity contribution in [3.8, 4) is 5.75 Å². The maximum absolute atomic E-state index is 13.0. The molecule has 2 aliphatic rings. The van der Waals surface area contributed by atoms with Crippen LogP contribution < -0.4 is 0 Å². The fraction of sp³-hybridized carbons (Fsp3) is 0.450. The second kappa shape index (κ2) is 6.00. The topological polar surface area (TPSA) is 76.6 Å². The normalized spacial score (nSPS) is 28.8. The first-order chi connectivity index (χ1) is 12.0. The summed E-state index contributed by atoms with van der Waals surface area (Å²) in [4.78, 5) is 18.6. The van der Waals surface area contributed by atoms with E-state index in [9.17, 15) is 15.0 Å². The lowest BCUT2D eigenvalue weighted by Gasteiger charge is -2.46. The molecule has 1 fully saturated rings. The molecule has 0 saturated carbocycles. The summed E-state index contributed by atoms with van der Waals surface area (Å²) in [6.45, 7) is 2.92. The van der Waals surface area contributed by atoms with E-state index in [0.29, 0.717) is 18.5 Å². The number of likely N-dealkylation sites (tertiary alicyclic amines) is 1. The Morgan fingerprint density at radius 3 is 2.88 bits per heavy atom. The van der Waals surface area contributed by atoms with Crippen molar-refractivity contribution in [2.45, 2.75) is 25.8 Å². The highest BCUT2D eigenvalue weighted by Gasteiger charge is 2.42. The van der Waals surface area contributed by atoms with Crippen molar-refractivity contribution >= 4 is 16.7 Å². The highest BCUT2D eigenvalue weighted by atomic mass is 16.3. The number of likely N-dealkylation sites (N-methyl/N-ethyl adjacent to an activating group) is 1. The molecule has 1 aromatic carbocycles. The number of Topliss-reactive ketones (excluding diaryl/α,β-unsaturated/α-hetero) is 1. The quantitative estimate of drug-likeness (QED) is 0.697. The van der Waals surface area contributed by atoms with E-state index < -0.39 is 0 Å². The fourth-order valence-electron chi connectivity index (χ4n) is 4.73. The number of carbonyl (C=O) groups is 1. The molecule has 2 heterocycles. The van der Waals surface area contributed by atoms with E-state index in [1.165, 1.54) is 5.57 Å². The molecule has 3 N–H and O–H groups in total. The van der Waals surface area contributed by atoms with Crippen LogP contribution in [0, 0.1) is 11.8 Å². The summed E-state index contributed by atoms with van der Waals surface area (Å²) in [5.74, 6) is 0.436. The van der Waals surface area contributed by atoms with Gasteiger partial charge >= 0.3 is 0 Å². The van der Waals surface area contributed by atoms with Crippen LogP contribution in [0.25, 0.3) is 10.9 Å². The number of nitrogens with one attached hydrogen (secondary N) is 1. The van der Waals surface area contributed by atoms with Gasteiger partial charge in [-0.05, 0) is 50.1 Å². The van der Waals surface area contributed by atoms with E-state index in [0.717, 1.165) is 23.0 Å². The molecule has 3 atom stereocenters. The molecule has 0 radical (unpaired) electrons. The lowest BCUT2D eigenvalue weighted by molar-refractivity contribution is 0.0518. The van der Waals surface area contributed by atoms with Crippen LogP contribution in [0.15, 0.2) is 29.8 Å². The van der Waals surface area contributed by atoms with Gasteiger partial charge < -0.3 is 15.2 Å². The Hall–Kier alpha value is -2.11. The number of allylic oxidation sites excluding steroid dienone is 1. The number of hydrogen-bond donors (Lipinski definition) is 3. The molecule has 1 aromatic heterocycles. The van der Waals surface area contributed by atoms with Crippen LogP contribution in [-0.4, -0.2) is 52.1 Å². The maximum atomic E-state index is 13.0. The van der Waals surface area contributed by atoms with Gasteiger partial charge in [0.05, 0.1) is 5.69 Å². The second-order valence-corrected chi connectivity index (χ2v) is 7.34. The number of aromatic amines is 1. The van der Waals surface area contributed by atoms with E-state index >= 15 is 0 Å². The van der Waals surface area contributed by atoms with Crippen LogP contribution in [0.2, 0.25) is 0 Å². The molecule has 4 rings (SSSR count). The lowest BCUT2D eigenvalue weighted by Crippen LogP contribution is -2.52. The van der Waals surface area contributed by atoms with Crippen molar-refractivity contribution in [3.05, 3.63) is 41.1 Å². The van der Waals surface area contributed by atoms with Gasteiger partial charge in [-0.3, -0.25) is 9.69 Å². The zero-order valence-electron chi connectivity index (χ0n) is 14.6. The van der Waals surface area contributed by atoms with E-state index in [1.807, 2.05) is 13.0 Å². The van der Waals surface area contributed by atoms with Crippen LogP contribution >= 0.6 is 0 Å². The number of ketones is 1. The number of aliphatic hydroxyl groups is 1. The van der Waals surface area contributed by atoms with E-state index in [-0.39, 0.29) is 36.0 Å². The predicted octanol–water partition coefficient (Wildman–Crippen LogP) is 2.49. The number of rotatable bonds is 1. The molecule has 0 spiro atoms. The standard InChI is InChI=1S/C20H24N2O3/c1-3-11-9-22(2)18-7-15-14-6-12(24)4-5-17(14)21-20(15)19(25)8-13(11)16(18)10-23/h3-6,13,16,18,21,23-24H,7-10H2,1-2H3/b11-3-/t13-,16+,18+/m1/s1.